The first-order valence-corrected chi connectivity index (χ1v) is 11.5. The quantitative estimate of drug-likeness (QED) is 0.707. The van der Waals surface area contributed by atoms with Crippen molar-refractivity contribution in [2.45, 2.75) is 63.6 Å². The Morgan fingerprint density at radius 3 is 2.45 bits per heavy atom. The lowest BCUT2D eigenvalue weighted by molar-refractivity contribution is -0.138. The average molecular weight is 476 g/mol. The summed E-state index contributed by atoms with van der Waals surface area (Å²) in [5.41, 5.74) is 6.36. The number of amides is 1. The number of aryl methyl sites for hydroxylation is 1. The van der Waals surface area contributed by atoms with Crippen LogP contribution in [-0.2, 0) is 16.1 Å². The molecular formula is C22H39Cl2N5O2. The van der Waals surface area contributed by atoms with E-state index in [-0.39, 0.29) is 36.8 Å². The summed E-state index contributed by atoms with van der Waals surface area (Å²) in [5.74, 6) is 1.17. The van der Waals surface area contributed by atoms with Crippen molar-refractivity contribution in [3.63, 3.8) is 0 Å². The first-order valence-electron chi connectivity index (χ1n) is 11.5. The lowest BCUT2D eigenvalue weighted by Crippen LogP contribution is -2.48. The maximum Gasteiger partial charge on any atom is 0.226 e. The van der Waals surface area contributed by atoms with Gasteiger partial charge in [-0.25, -0.2) is 0 Å². The predicted octanol–water partition coefficient (Wildman–Crippen LogP) is 2.57. The van der Waals surface area contributed by atoms with Crippen LogP contribution in [0.5, 0.6) is 0 Å². The second kappa shape index (κ2) is 13.0. The molecule has 0 aliphatic carbocycles. The number of ether oxygens (including phenoxy) is 1. The minimum absolute atomic E-state index is 0. The van der Waals surface area contributed by atoms with Crippen molar-refractivity contribution in [3.8, 4) is 0 Å². The maximum atomic E-state index is 13.3. The van der Waals surface area contributed by atoms with Gasteiger partial charge >= 0.3 is 0 Å². The lowest BCUT2D eigenvalue weighted by atomic mass is 9.92. The molecule has 3 aliphatic heterocycles. The number of halogens is 2. The summed E-state index contributed by atoms with van der Waals surface area (Å²) in [7, 11) is 0. The van der Waals surface area contributed by atoms with Crippen molar-refractivity contribution in [1.29, 1.82) is 0 Å². The molecule has 2 N–H and O–H groups in total. The van der Waals surface area contributed by atoms with Crippen LogP contribution in [0.2, 0.25) is 0 Å². The van der Waals surface area contributed by atoms with Gasteiger partial charge in [-0.2, -0.15) is 5.10 Å². The Morgan fingerprint density at radius 2 is 1.77 bits per heavy atom. The molecule has 9 heteroatoms. The van der Waals surface area contributed by atoms with Crippen LogP contribution in [0.15, 0.2) is 18.5 Å². The molecule has 4 heterocycles. The third-order valence-electron chi connectivity index (χ3n) is 7.12. The van der Waals surface area contributed by atoms with Crippen LogP contribution < -0.4 is 5.73 Å². The van der Waals surface area contributed by atoms with E-state index in [2.05, 4.69) is 14.9 Å². The van der Waals surface area contributed by atoms with E-state index in [9.17, 15) is 4.79 Å². The average Bonchev–Trinajstić information content (AvgIpc) is 3.21. The smallest absolute Gasteiger partial charge is 0.226 e. The Morgan fingerprint density at radius 1 is 1.03 bits per heavy atom. The van der Waals surface area contributed by atoms with E-state index in [1.807, 2.05) is 23.1 Å². The fraction of sp³-hybridized carbons (Fsp3) is 0.818. The van der Waals surface area contributed by atoms with Gasteiger partial charge in [0.1, 0.15) is 0 Å². The fourth-order valence-corrected chi connectivity index (χ4v) is 5.25. The standard InChI is InChI=1S/C22H37N5O2.2ClH/c23-20-3-2-19(16-26(17-20)21-7-14-29-15-8-21)22(28)25-11-4-18(5-12-25)6-13-27-10-1-9-24-27;;/h1,9-10,18-21H,2-8,11-17,23H2;2*1H/t19-,20+;;/m1../s1. The fourth-order valence-electron chi connectivity index (χ4n) is 5.25. The van der Waals surface area contributed by atoms with Gasteiger partial charge in [0.25, 0.3) is 0 Å². The number of hydrogen-bond donors (Lipinski definition) is 1. The normalized spacial score (nSPS) is 26.5. The van der Waals surface area contributed by atoms with Crippen molar-refractivity contribution < 1.29 is 9.53 Å². The number of nitrogens with zero attached hydrogens (tertiary/aromatic N) is 4. The summed E-state index contributed by atoms with van der Waals surface area (Å²) in [5, 5.41) is 4.29. The van der Waals surface area contributed by atoms with E-state index in [1.165, 1.54) is 0 Å². The van der Waals surface area contributed by atoms with Gasteiger partial charge in [0.15, 0.2) is 0 Å². The van der Waals surface area contributed by atoms with Crippen LogP contribution in [0.4, 0.5) is 0 Å². The Bertz CT molecular complexity index is 634. The van der Waals surface area contributed by atoms with E-state index < -0.39 is 0 Å². The highest BCUT2D eigenvalue weighted by Gasteiger charge is 2.34. The molecule has 0 aromatic carbocycles. The van der Waals surface area contributed by atoms with Gasteiger partial charge in [0, 0.05) is 70.4 Å². The van der Waals surface area contributed by atoms with Crippen molar-refractivity contribution in [1.82, 2.24) is 19.6 Å². The molecule has 0 saturated carbocycles. The van der Waals surface area contributed by atoms with Gasteiger partial charge < -0.3 is 15.4 Å². The van der Waals surface area contributed by atoms with Gasteiger partial charge in [-0.05, 0) is 56.9 Å². The van der Waals surface area contributed by atoms with Gasteiger partial charge in [0.05, 0.1) is 5.92 Å². The SMILES string of the molecule is Cl.Cl.N[C@H]1CC[C@@H](C(=O)N2CCC(CCn3cccn3)CC2)CN(C2CCOCC2)C1. The zero-order valence-electron chi connectivity index (χ0n) is 18.4. The minimum atomic E-state index is 0. The number of carbonyl (C=O) groups is 1. The van der Waals surface area contributed by atoms with Crippen molar-refractivity contribution in [2.75, 3.05) is 39.4 Å². The topological polar surface area (TPSA) is 76.6 Å². The third kappa shape index (κ3) is 7.32. The predicted molar refractivity (Wildman–Crippen MR) is 127 cm³/mol. The molecule has 178 valence electrons. The molecule has 7 nitrogen and oxygen atoms in total. The Labute approximate surface area is 198 Å². The molecule has 3 aliphatic rings. The molecule has 1 amide bonds. The molecular weight excluding hydrogens is 437 g/mol. The molecule has 3 fully saturated rings. The van der Waals surface area contributed by atoms with Crippen LogP contribution >= 0.6 is 24.8 Å². The van der Waals surface area contributed by atoms with Crippen LogP contribution in [0.25, 0.3) is 0 Å². The monoisotopic (exact) mass is 475 g/mol. The largest absolute Gasteiger partial charge is 0.381 e. The molecule has 0 spiro atoms. The summed E-state index contributed by atoms with van der Waals surface area (Å²) in [6, 6.07) is 2.68. The van der Waals surface area contributed by atoms with Gasteiger partial charge in [-0.3, -0.25) is 14.4 Å². The zero-order chi connectivity index (χ0) is 20.1. The lowest BCUT2D eigenvalue weighted by Gasteiger charge is -2.37. The summed E-state index contributed by atoms with van der Waals surface area (Å²) in [4.78, 5) is 17.9. The summed E-state index contributed by atoms with van der Waals surface area (Å²) in [6.45, 7) is 6.25. The Balaban J connectivity index is 0.00000171. The molecule has 31 heavy (non-hydrogen) atoms. The zero-order valence-corrected chi connectivity index (χ0v) is 20.1. The molecule has 3 saturated heterocycles. The van der Waals surface area contributed by atoms with Gasteiger partial charge in [-0.15, -0.1) is 24.8 Å². The summed E-state index contributed by atoms with van der Waals surface area (Å²) in [6.07, 6.45) is 11.3. The van der Waals surface area contributed by atoms with E-state index >= 15 is 0 Å². The first kappa shape index (κ1) is 26.4. The van der Waals surface area contributed by atoms with E-state index in [4.69, 9.17) is 10.5 Å². The molecule has 0 unspecified atom stereocenters. The minimum Gasteiger partial charge on any atom is -0.381 e. The maximum absolute atomic E-state index is 13.3. The van der Waals surface area contributed by atoms with E-state index in [1.54, 1.807) is 0 Å². The number of rotatable bonds is 5. The third-order valence-corrected chi connectivity index (χ3v) is 7.12. The molecule has 4 rings (SSSR count). The molecule has 1 aromatic heterocycles. The summed E-state index contributed by atoms with van der Waals surface area (Å²) < 4.78 is 7.54. The van der Waals surface area contributed by atoms with Crippen molar-refractivity contribution in [2.24, 2.45) is 17.6 Å². The molecule has 0 radical (unpaired) electrons. The highest BCUT2D eigenvalue weighted by atomic mass is 35.5. The van der Waals surface area contributed by atoms with Crippen molar-refractivity contribution >= 4 is 30.7 Å². The number of aromatic nitrogens is 2. The number of piperidine rings is 1. The van der Waals surface area contributed by atoms with Crippen molar-refractivity contribution in [3.05, 3.63) is 18.5 Å². The van der Waals surface area contributed by atoms with Crippen LogP contribution in [0.3, 0.4) is 0 Å². The second-order valence-electron chi connectivity index (χ2n) is 9.16. The first-order chi connectivity index (χ1) is 14.2. The number of nitrogens with two attached hydrogens (primary N) is 1. The Hall–Kier alpha value is -0.860. The molecule has 0 bridgehead atoms. The van der Waals surface area contributed by atoms with E-state index in [0.717, 1.165) is 90.9 Å². The van der Waals surface area contributed by atoms with Crippen LogP contribution in [-0.4, -0.2) is 77.0 Å². The number of likely N-dealkylation sites (tertiary alicyclic amines) is 2. The molecule has 2 atom stereocenters. The molecule has 1 aromatic rings. The number of carbonyl (C=O) groups excluding carboxylic acids is 1. The van der Waals surface area contributed by atoms with Crippen LogP contribution in [0, 0.1) is 11.8 Å². The van der Waals surface area contributed by atoms with Gasteiger partial charge in [-0.1, -0.05) is 0 Å². The highest BCUT2D eigenvalue weighted by molar-refractivity contribution is 5.85. The van der Waals surface area contributed by atoms with E-state index in [0.29, 0.717) is 17.9 Å². The van der Waals surface area contributed by atoms with Crippen LogP contribution in [0.1, 0.15) is 44.9 Å². The number of hydrogen-bond acceptors (Lipinski definition) is 5. The Kier molecular flexibility index (Phi) is 11.1. The highest BCUT2D eigenvalue weighted by Crippen LogP contribution is 2.27. The second-order valence-corrected chi connectivity index (χ2v) is 9.16. The van der Waals surface area contributed by atoms with Gasteiger partial charge in [0.2, 0.25) is 5.91 Å². The summed E-state index contributed by atoms with van der Waals surface area (Å²) >= 11 is 0.